The molecule has 3 aliphatic rings. The third-order valence-electron chi connectivity index (χ3n) is 5.83. The molecule has 1 aromatic rings. The summed E-state index contributed by atoms with van der Waals surface area (Å²) in [6.07, 6.45) is 8.71. The van der Waals surface area contributed by atoms with Gasteiger partial charge in [-0.25, -0.2) is 0 Å². The Kier molecular flexibility index (Phi) is 3.95. The van der Waals surface area contributed by atoms with E-state index in [9.17, 15) is 0 Å². The zero-order valence-corrected chi connectivity index (χ0v) is 13.8. The molecule has 2 saturated carbocycles. The van der Waals surface area contributed by atoms with Crippen molar-refractivity contribution in [2.24, 2.45) is 11.3 Å². The van der Waals surface area contributed by atoms with Gasteiger partial charge in [-0.15, -0.1) is 0 Å². The molecule has 1 spiro atoms. The number of hydrogen-bond acceptors (Lipinski definition) is 3. The van der Waals surface area contributed by atoms with Gasteiger partial charge in [-0.2, -0.15) is 0 Å². The second-order valence-electron chi connectivity index (χ2n) is 7.85. The number of likely N-dealkylation sites (tertiary alicyclic amines) is 1. The second-order valence-corrected chi connectivity index (χ2v) is 7.85. The van der Waals surface area contributed by atoms with E-state index >= 15 is 0 Å². The van der Waals surface area contributed by atoms with Crippen molar-refractivity contribution in [1.29, 1.82) is 0 Å². The first kappa shape index (κ1) is 14.6. The third kappa shape index (κ3) is 3.36. The first-order valence-electron chi connectivity index (χ1n) is 8.97. The average molecular weight is 300 g/mol. The highest BCUT2D eigenvalue weighted by Gasteiger charge is 2.46. The van der Waals surface area contributed by atoms with Crippen molar-refractivity contribution in [3.63, 3.8) is 0 Å². The lowest BCUT2D eigenvalue weighted by Gasteiger charge is -2.52. The van der Waals surface area contributed by atoms with Gasteiger partial charge in [0.05, 0.1) is 11.8 Å². The van der Waals surface area contributed by atoms with E-state index in [0.717, 1.165) is 24.8 Å². The van der Waals surface area contributed by atoms with E-state index in [0.29, 0.717) is 11.5 Å². The normalized spacial score (nSPS) is 25.3. The van der Waals surface area contributed by atoms with E-state index in [1.54, 1.807) is 0 Å². The Bertz CT molecular complexity index is 510. The second kappa shape index (κ2) is 5.93. The molecule has 2 heterocycles. The van der Waals surface area contributed by atoms with Crippen molar-refractivity contribution >= 4 is 0 Å². The van der Waals surface area contributed by atoms with Crippen molar-refractivity contribution < 1.29 is 4.74 Å². The Balaban J connectivity index is 1.21. The van der Waals surface area contributed by atoms with Gasteiger partial charge in [-0.05, 0) is 82.0 Å². The highest BCUT2D eigenvalue weighted by molar-refractivity contribution is 5.10. The molecule has 3 nitrogen and oxygen atoms in total. The smallest absolute Gasteiger partial charge is 0.0585 e. The monoisotopic (exact) mass is 300 g/mol. The lowest BCUT2D eigenvalue weighted by Crippen LogP contribution is -2.49. The van der Waals surface area contributed by atoms with Crippen LogP contribution in [0, 0.1) is 18.3 Å². The number of aryl methyl sites for hydroxylation is 1. The fourth-order valence-corrected chi connectivity index (χ4v) is 4.09. The summed E-state index contributed by atoms with van der Waals surface area (Å²) < 4.78 is 6.04. The van der Waals surface area contributed by atoms with E-state index in [1.807, 2.05) is 0 Å². The van der Waals surface area contributed by atoms with Crippen molar-refractivity contribution in [2.45, 2.75) is 58.1 Å². The summed E-state index contributed by atoms with van der Waals surface area (Å²) in [5.74, 6) is 0.903. The number of rotatable bonds is 5. The SMILES string of the molecule is Cc1cccc(CN2CCC3(CC2)CC(OCC2CC2)C3)n1. The van der Waals surface area contributed by atoms with Gasteiger partial charge in [0.15, 0.2) is 0 Å². The Morgan fingerprint density at radius 3 is 2.68 bits per heavy atom. The van der Waals surface area contributed by atoms with E-state index in [2.05, 4.69) is 35.0 Å². The summed E-state index contributed by atoms with van der Waals surface area (Å²) in [6, 6.07) is 6.35. The zero-order chi connectivity index (χ0) is 15.0. The molecule has 3 heteroatoms. The molecule has 4 rings (SSSR count). The summed E-state index contributed by atoms with van der Waals surface area (Å²) in [4.78, 5) is 7.21. The molecule has 120 valence electrons. The van der Waals surface area contributed by atoms with Crippen LogP contribution in [-0.2, 0) is 11.3 Å². The average Bonchev–Trinajstić information content (AvgIpc) is 3.29. The van der Waals surface area contributed by atoms with E-state index < -0.39 is 0 Å². The van der Waals surface area contributed by atoms with E-state index in [4.69, 9.17) is 4.74 Å². The maximum absolute atomic E-state index is 6.04. The molecule has 3 fully saturated rings. The van der Waals surface area contributed by atoms with Crippen molar-refractivity contribution in [3.8, 4) is 0 Å². The van der Waals surface area contributed by atoms with Gasteiger partial charge in [0.25, 0.3) is 0 Å². The third-order valence-corrected chi connectivity index (χ3v) is 5.83. The zero-order valence-electron chi connectivity index (χ0n) is 13.8. The predicted octanol–water partition coefficient (Wildman–Crippen LogP) is 3.56. The van der Waals surface area contributed by atoms with Gasteiger partial charge in [0.1, 0.15) is 0 Å². The Hall–Kier alpha value is -0.930. The minimum absolute atomic E-state index is 0.575. The van der Waals surface area contributed by atoms with Crippen LogP contribution in [0.25, 0.3) is 0 Å². The predicted molar refractivity (Wildman–Crippen MR) is 87.6 cm³/mol. The number of nitrogens with zero attached hydrogens (tertiary/aromatic N) is 2. The summed E-state index contributed by atoms with van der Waals surface area (Å²) in [7, 11) is 0. The molecular formula is C19H28N2O. The largest absolute Gasteiger partial charge is 0.378 e. The van der Waals surface area contributed by atoms with Crippen LogP contribution < -0.4 is 0 Å². The van der Waals surface area contributed by atoms with Crippen LogP contribution in [0.15, 0.2) is 18.2 Å². The molecule has 0 radical (unpaired) electrons. The Morgan fingerprint density at radius 1 is 1.23 bits per heavy atom. The van der Waals surface area contributed by atoms with Crippen molar-refractivity contribution in [3.05, 3.63) is 29.6 Å². The van der Waals surface area contributed by atoms with Crippen LogP contribution in [0.5, 0.6) is 0 Å². The van der Waals surface area contributed by atoms with Gasteiger partial charge < -0.3 is 4.74 Å². The molecule has 0 unspecified atom stereocenters. The van der Waals surface area contributed by atoms with Crippen LogP contribution in [0.4, 0.5) is 0 Å². The Morgan fingerprint density at radius 2 is 2.00 bits per heavy atom. The summed E-state index contributed by atoms with van der Waals surface area (Å²) in [5, 5.41) is 0. The highest BCUT2D eigenvalue weighted by Crippen LogP contribution is 2.50. The quantitative estimate of drug-likeness (QED) is 0.831. The van der Waals surface area contributed by atoms with Gasteiger partial charge in [-0.1, -0.05) is 6.07 Å². The van der Waals surface area contributed by atoms with Crippen molar-refractivity contribution in [1.82, 2.24) is 9.88 Å². The van der Waals surface area contributed by atoms with E-state index in [-0.39, 0.29) is 0 Å². The molecule has 22 heavy (non-hydrogen) atoms. The van der Waals surface area contributed by atoms with Gasteiger partial charge in [0.2, 0.25) is 0 Å². The molecular weight excluding hydrogens is 272 g/mol. The molecule has 0 bridgehead atoms. The van der Waals surface area contributed by atoms with Crippen LogP contribution in [0.1, 0.15) is 49.9 Å². The summed E-state index contributed by atoms with van der Waals surface area (Å²) in [5.41, 5.74) is 2.96. The summed E-state index contributed by atoms with van der Waals surface area (Å²) >= 11 is 0. The lowest BCUT2D eigenvalue weighted by molar-refractivity contribution is -0.107. The lowest BCUT2D eigenvalue weighted by atomic mass is 9.61. The van der Waals surface area contributed by atoms with Gasteiger partial charge >= 0.3 is 0 Å². The highest BCUT2D eigenvalue weighted by atomic mass is 16.5. The van der Waals surface area contributed by atoms with Crippen molar-refractivity contribution in [2.75, 3.05) is 19.7 Å². The van der Waals surface area contributed by atoms with Gasteiger partial charge in [-0.3, -0.25) is 9.88 Å². The fourth-order valence-electron chi connectivity index (χ4n) is 4.09. The molecule has 1 saturated heterocycles. The van der Waals surface area contributed by atoms with Crippen LogP contribution in [-0.4, -0.2) is 35.7 Å². The standard InChI is InChI=1S/C19H28N2O/c1-15-3-2-4-17(20-15)13-21-9-7-19(8-10-21)11-18(12-19)22-14-16-5-6-16/h2-4,16,18H,5-14H2,1H3. The minimum atomic E-state index is 0.575. The van der Waals surface area contributed by atoms with Crippen LogP contribution in [0.2, 0.25) is 0 Å². The molecule has 2 aliphatic carbocycles. The molecule has 0 atom stereocenters. The maximum Gasteiger partial charge on any atom is 0.0585 e. The maximum atomic E-state index is 6.04. The number of hydrogen-bond donors (Lipinski definition) is 0. The number of ether oxygens (including phenoxy) is 1. The molecule has 1 aromatic heterocycles. The molecule has 0 amide bonds. The molecule has 0 N–H and O–H groups in total. The minimum Gasteiger partial charge on any atom is -0.378 e. The first-order valence-corrected chi connectivity index (χ1v) is 8.97. The van der Waals surface area contributed by atoms with Gasteiger partial charge in [0, 0.05) is 18.8 Å². The summed E-state index contributed by atoms with van der Waals surface area (Å²) in [6.45, 7) is 6.58. The number of aromatic nitrogens is 1. The van der Waals surface area contributed by atoms with Crippen LogP contribution >= 0.6 is 0 Å². The molecule has 0 aromatic carbocycles. The molecule has 1 aliphatic heterocycles. The number of piperidine rings is 1. The topological polar surface area (TPSA) is 25.4 Å². The van der Waals surface area contributed by atoms with Crippen LogP contribution in [0.3, 0.4) is 0 Å². The Labute approximate surface area is 134 Å². The first-order chi connectivity index (χ1) is 10.7. The fraction of sp³-hybridized carbons (Fsp3) is 0.737. The number of pyridine rings is 1. The van der Waals surface area contributed by atoms with E-state index in [1.165, 1.54) is 57.3 Å².